The molecule has 0 N–H and O–H groups in total. The predicted octanol–water partition coefficient (Wildman–Crippen LogP) is 3.73. The van der Waals surface area contributed by atoms with Crippen LogP contribution in [-0.4, -0.2) is 23.2 Å². The zero-order valence-corrected chi connectivity index (χ0v) is 13.2. The van der Waals surface area contributed by atoms with E-state index in [1.54, 1.807) is 18.0 Å². The van der Waals surface area contributed by atoms with Gasteiger partial charge in [0.2, 0.25) is 0 Å². The van der Waals surface area contributed by atoms with Gasteiger partial charge in [0.25, 0.3) is 0 Å². The molecule has 0 bridgehead atoms. The quantitative estimate of drug-likeness (QED) is 0.675. The van der Waals surface area contributed by atoms with Gasteiger partial charge in [-0.05, 0) is 36.8 Å². The Kier molecular flexibility index (Phi) is 4.24. The normalized spacial score (nSPS) is 10.5. The van der Waals surface area contributed by atoms with Crippen LogP contribution >= 0.6 is 0 Å². The highest BCUT2D eigenvalue weighted by atomic mass is 16.5. The number of ether oxygens (including phenoxy) is 1. The van der Waals surface area contributed by atoms with E-state index < -0.39 is 0 Å². The smallest absolute Gasteiger partial charge is 0.153 e. The predicted molar refractivity (Wildman–Crippen MR) is 89.9 cm³/mol. The molecule has 0 atom stereocenters. The van der Waals surface area contributed by atoms with E-state index in [2.05, 4.69) is 30.2 Å². The summed E-state index contributed by atoms with van der Waals surface area (Å²) in [4.78, 5) is 11.4. The fourth-order valence-corrected chi connectivity index (χ4v) is 2.57. The molecule has 23 heavy (non-hydrogen) atoms. The second kappa shape index (κ2) is 6.48. The standard InChI is InChI=1S/C19H18N2O2/c1-14-4-3-5-15(10-14)11-21-12-17(13-22)19(20-21)16-6-8-18(23-2)9-7-16/h3-10,12-13H,11H2,1-2H3. The van der Waals surface area contributed by atoms with E-state index in [0.717, 1.165) is 23.2 Å². The molecule has 0 aliphatic heterocycles. The van der Waals surface area contributed by atoms with Crippen molar-refractivity contribution in [3.05, 3.63) is 71.4 Å². The maximum Gasteiger partial charge on any atom is 0.153 e. The minimum atomic E-state index is 0.586. The van der Waals surface area contributed by atoms with E-state index in [-0.39, 0.29) is 0 Å². The average Bonchev–Trinajstić information content (AvgIpc) is 2.98. The van der Waals surface area contributed by atoms with Gasteiger partial charge in [0.05, 0.1) is 19.2 Å². The zero-order chi connectivity index (χ0) is 16.2. The Morgan fingerprint density at radius 2 is 1.96 bits per heavy atom. The van der Waals surface area contributed by atoms with Gasteiger partial charge in [-0.2, -0.15) is 5.10 Å². The number of rotatable bonds is 5. The second-order valence-corrected chi connectivity index (χ2v) is 5.47. The van der Waals surface area contributed by atoms with Crippen LogP contribution in [0.1, 0.15) is 21.5 Å². The van der Waals surface area contributed by atoms with Crippen LogP contribution in [-0.2, 0) is 6.54 Å². The van der Waals surface area contributed by atoms with E-state index in [1.165, 1.54) is 5.56 Å². The number of nitrogens with zero attached hydrogens (tertiary/aromatic N) is 2. The van der Waals surface area contributed by atoms with Crippen LogP contribution in [0.4, 0.5) is 0 Å². The van der Waals surface area contributed by atoms with Crippen molar-refractivity contribution in [1.82, 2.24) is 9.78 Å². The molecule has 0 radical (unpaired) electrons. The van der Waals surface area contributed by atoms with Crippen LogP contribution in [0.25, 0.3) is 11.3 Å². The molecule has 116 valence electrons. The molecule has 4 nitrogen and oxygen atoms in total. The molecule has 1 aromatic heterocycles. The first kappa shape index (κ1) is 15.0. The van der Waals surface area contributed by atoms with Gasteiger partial charge < -0.3 is 4.74 Å². The van der Waals surface area contributed by atoms with Gasteiger partial charge in [-0.3, -0.25) is 9.48 Å². The Labute approximate surface area is 135 Å². The zero-order valence-electron chi connectivity index (χ0n) is 13.2. The van der Waals surface area contributed by atoms with Crippen molar-refractivity contribution in [2.75, 3.05) is 7.11 Å². The van der Waals surface area contributed by atoms with Crippen molar-refractivity contribution in [1.29, 1.82) is 0 Å². The monoisotopic (exact) mass is 306 g/mol. The summed E-state index contributed by atoms with van der Waals surface area (Å²) in [6.45, 7) is 2.70. The lowest BCUT2D eigenvalue weighted by atomic mass is 10.1. The molecule has 0 fully saturated rings. The maximum atomic E-state index is 11.4. The number of hydrogen-bond donors (Lipinski definition) is 0. The summed E-state index contributed by atoms with van der Waals surface area (Å²) >= 11 is 0. The fraction of sp³-hybridized carbons (Fsp3) is 0.158. The average molecular weight is 306 g/mol. The molecule has 1 heterocycles. The summed E-state index contributed by atoms with van der Waals surface area (Å²) in [5.74, 6) is 0.778. The third-order valence-corrected chi connectivity index (χ3v) is 3.71. The molecule has 3 aromatic rings. The summed E-state index contributed by atoms with van der Waals surface area (Å²) < 4.78 is 6.97. The van der Waals surface area contributed by atoms with Crippen LogP contribution in [0, 0.1) is 6.92 Å². The van der Waals surface area contributed by atoms with Crippen molar-refractivity contribution in [3.8, 4) is 17.0 Å². The molecular formula is C19H18N2O2. The minimum Gasteiger partial charge on any atom is -0.497 e. The van der Waals surface area contributed by atoms with Gasteiger partial charge in [-0.1, -0.05) is 29.8 Å². The Bertz CT molecular complexity index is 820. The first-order valence-corrected chi connectivity index (χ1v) is 7.42. The Morgan fingerprint density at radius 1 is 1.17 bits per heavy atom. The highest BCUT2D eigenvalue weighted by molar-refractivity contribution is 5.85. The number of aryl methyl sites for hydroxylation is 1. The second-order valence-electron chi connectivity index (χ2n) is 5.47. The molecule has 0 aliphatic rings. The van der Waals surface area contributed by atoms with E-state index in [9.17, 15) is 4.79 Å². The lowest BCUT2D eigenvalue weighted by Crippen LogP contribution is -2.00. The van der Waals surface area contributed by atoms with Gasteiger partial charge in [-0.15, -0.1) is 0 Å². The van der Waals surface area contributed by atoms with Crippen molar-refractivity contribution in [3.63, 3.8) is 0 Å². The molecule has 0 saturated carbocycles. The van der Waals surface area contributed by atoms with Gasteiger partial charge in [0, 0.05) is 11.8 Å². The van der Waals surface area contributed by atoms with Crippen molar-refractivity contribution < 1.29 is 9.53 Å². The molecule has 0 saturated heterocycles. The number of aldehydes is 1. The summed E-state index contributed by atoms with van der Waals surface area (Å²) in [5, 5.41) is 4.58. The maximum absolute atomic E-state index is 11.4. The first-order valence-electron chi connectivity index (χ1n) is 7.42. The molecule has 3 rings (SSSR count). The minimum absolute atomic E-state index is 0.586. The number of hydrogen-bond acceptors (Lipinski definition) is 3. The van der Waals surface area contributed by atoms with Crippen molar-refractivity contribution in [2.24, 2.45) is 0 Å². The van der Waals surface area contributed by atoms with Crippen molar-refractivity contribution >= 4 is 6.29 Å². The lowest BCUT2D eigenvalue weighted by Gasteiger charge is -2.03. The van der Waals surface area contributed by atoms with Crippen molar-refractivity contribution in [2.45, 2.75) is 13.5 Å². The molecular weight excluding hydrogens is 288 g/mol. The van der Waals surface area contributed by atoms with Crippen LogP contribution in [0.15, 0.2) is 54.7 Å². The number of carbonyl (C=O) groups excluding carboxylic acids is 1. The third kappa shape index (κ3) is 3.31. The van der Waals surface area contributed by atoms with Crippen LogP contribution in [0.3, 0.4) is 0 Å². The largest absolute Gasteiger partial charge is 0.497 e. The number of benzene rings is 2. The number of aromatic nitrogens is 2. The van der Waals surface area contributed by atoms with Gasteiger partial charge in [-0.25, -0.2) is 0 Å². The Hall–Kier alpha value is -2.88. The van der Waals surface area contributed by atoms with Crippen LogP contribution in [0.5, 0.6) is 5.75 Å². The molecule has 4 heteroatoms. The summed E-state index contributed by atoms with van der Waals surface area (Å²) in [7, 11) is 1.63. The molecule has 0 aliphatic carbocycles. The first-order chi connectivity index (χ1) is 11.2. The van der Waals surface area contributed by atoms with E-state index in [4.69, 9.17) is 4.74 Å². The highest BCUT2D eigenvalue weighted by Gasteiger charge is 2.11. The summed E-state index contributed by atoms with van der Waals surface area (Å²) in [6.07, 6.45) is 2.63. The van der Waals surface area contributed by atoms with Crippen LogP contribution < -0.4 is 4.74 Å². The molecule has 2 aromatic carbocycles. The van der Waals surface area contributed by atoms with E-state index in [1.807, 2.05) is 30.3 Å². The van der Waals surface area contributed by atoms with E-state index >= 15 is 0 Å². The van der Waals surface area contributed by atoms with Gasteiger partial charge >= 0.3 is 0 Å². The topological polar surface area (TPSA) is 44.1 Å². The summed E-state index contributed by atoms with van der Waals surface area (Å²) in [5.41, 5.74) is 4.54. The molecule has 0 amide bonds. The van der Waals surface area contributed by atoms with Crippen LogP contribution in [0.2, 0.25) is 0 Å². The third-order valence-electron chi connectivity index (χ3n) is 3.71. The molecule has 0 spiro atoms. The van der Waals surface area contributed by atoms with Gasteiger partial charge in [0.15, 0.2) is 6.29 Å². The Balaban J connectivity index is 1.92. The lowest BCUT2D eigenvalue weighted by molar-refractivity contribution is 0.112. The molecule has 0 unspecified atom stereocenters. The highest BCUT2D eigenvalue weighted by Crippen LogP contribution is 2.24. The SMILES string of the molecule is COc1ccc(-c2nn(Cc3cccc(C)c3)cc2C=O)cc1. The number of carbonyl (C=O) groups is 1. The van der Waals surface area contributed by atoms with Gasteiger partial charge in [0.1, 0.15) is 11.4 Å². The summed E-state index contributed by atoms with van der Waals surface area (Å²) in [6, 6.07) is 15.8. The van der Waals surface area contributed by atoms with E-state index in [0.29, 0.717) is 17.8 Å². The number of methoxy groups -OCH3 is 1. The Morgan fingerprint density at radius 3 is 2.61 bits per heavy atom. The fourth-order valence-electron chi connectivity index (χ4n) is 2.57.